The van der Waals surface area contributed by atoms with Crippen LogP contribution in [0.1, 0.15) is 20.7 Å². The molecule has 0 aliphatic heterocycles. The first kappa shape index (κ1) is 18.1. The number of pyridine rings is 1. The highest BCUT2D eigenvalue weighted by atomic mass is 19.1. The molecule has 136 valence electrons. The first-order valence-corrected chi connectivity index (χ1v) is 8.03. The molecule has 0 saturated carbocycles. The lowest BCUT2D eigenvalue weighted by atomic mass is 10.2. The molecule has 6 nitrogen and oxygen atoms in total. The van der Waals surface area contributed by atoms with Crippen LogP contribution in [0, 0.1) is 5.82 Å². The van der Waals surface area contributed by atoms with Crippen molar-refractivity contribution in [2.45, 2.75) is 0 Å². The van der Waals surface area contributed by atoms with Gasteiger partial charge in [-0.05, 0) is 48.5 Å². The maximum absolute atomic E-state index is 13.2. The second-order valence-corrected chi connectivity index (χ2v) is 5.59. The third-order valence-corrected chi connectivity index (χ3v) is 3.66. The molecule has 1 aromatic heterocycles. The third-order valence-electron chi connectivity index (χ3n) is 3.66. The minimum absolute atomic E-state index is 0.219. The molecule has 7 heteroatoms. The summed E-state index contributed by atoms with van der Waals surface area (Å²) in [6.07, 6.45) is 1.48. The van der Waals surface area contributed by atoms with Gasteiger partial charge in [-0.15, -0.1) is 0 Å². The van der Waals surface area contributed by atoms with Gasteiger partial charge < -0.3 is 15.4 Å². The molecular weight excluding hydrogens is 349 g/mol. The van der Waals surface area contributed by atoms with Gasteiger partial charge in [-0.25, -0.2) is 14.2 Å². The minimum Gasteiger partial charge on any atom is -0.465 e. The number of hydrogen-bond acceptors (Lipinski definition) is 5. The summed E-state index contributed by atoms with van der Waals surface area (Å²) in [7, 11) is 1.32. The van der Waals surface area contributed by atoms with Gasteiger partial charge in [-0.1, -0.05) is 12.1 Å². The van der Waals surface area contributed by atoms with Gasteiger partial charge in [0.2, 0.25) is 0 Å². The molecule has 0 aliphatic rings. The average molecular weight is 365 g/mol. The van der Waals surface area contributed by atoms with Gasteiger partial charge >= 0.3 is 5.97 Å². The Morgan fingerprint density at radius 1 is 0.963 bits per heavy atom. The third kappa shape index (κ3) is 4.66. The van der Waals surface area contributed by atoms with Crippen LogP contribution in [0.2, 0.25) is 0 Å². The standard InChI is InChI=1S/C20H16FN3O3/c1-27-20(26)14-5-3-7-16(11-14)23-18-9-8-17(12-22-18)24-19(25)13-4-2-6-15(21)10-13/h2-12H,1H3,(H,22,23)(H,24,25). The van der Waals surface area contributed by atoms with Crippen molar-refractivity contribution < 1.29 is 18.7 Å². The number of aromatic nitrogens is 1. The number of hydrogen-bond donors (Lipinski definition) is 2. The fraction of sp³-hybridized carbons (Fsp3) is 0.0500. The summed E-state index contributed by atoms with van der Waals surface area (Å²) in [6.45, 7) is 0. The quantitative estimate of drug-likeness (QED) is 0.668. The van der Waals surface area contributed by atoms with Crippen LogP contribution >= 0.6 is 0 Å². The number of methoxy groups -OCH3 is 1. The Bertz CT molecular complexity index is 974. The van der Waals surface area contributed by atoms with E-state index in [1.54, 1.807) is 36.4 Å². The highest BCUT2D eigenvalue weighted by molar-refractivity contribution is 6.04. The molecule has 1 heterocycles. The molecule has 27 heavy (non-hydrogen) atoms. The van der Waals surface area contributed by atoms with Crippen molar-refractivity contribution >= 4 is 29.1 Å². The van der Waals surface area contributed by atoms with E-state index in [2.05, 4.69) is 15.6 Å². The largest absolute Gasteiger partial charge is 0.465 e. The van der Waals surface area contributed by atoms with Crippen LogP contribution < -0.4 is 10.6 Å². The second-order valence-electron chi connectivity index (χ2n) is 5.59. The van der Waals surface area contributed by atoms with Crippen LogP contribution in [0.5, 0.6) is 0 Å². The molecule has 0 radical (unpaired) electrons. The van der Waals surface area contributed by atoms with Gasteiger partial charge in [0.05, 0.1) is 24.6 Å². The lowest BCUT2D eigenvalue weighted by Gasteiger charge is -2.09. The van der Waals surface area contributed by atoms with Gasteiger partial charge in [-0.2, -0.15) is 0 Å². The van der Waals surface area contributed by atoms with E-state index in [4.69, 9.17) is 4.74 Å². The van der Waals surface area contributed by atoms with E-state index < -0.39 is 17.7 Å². The zero-order chi connectivity index (χ0) is 19.2. The fourth-order valence-electron chi connectivity index (χ4n) is 2.36. The minimum atomic E-state index is -0.477. The first-order chi connectivity index (χ1) is 13.0. The number of esters is 1. The Labute approximate surface area is 155 Å². The molecule has 2 aromatic carbocycles. The Hall–Kier alpha value is -3.74. The highest BCUT2D eigenvalue weighted by Crippen LogP contribution is 2.18. The fourth-order valence-corrected chi connectivity index (χ4v) is 2.36. The van der Waals surface area contributed by atoms with Crippen molar-refractivity contribution in [1.82, 2.24) is 4.98 Å². The number of benzene rings is 2. The number of rotatable bonds is 5. The van der Waals surface area contributed by atoms with Gasteiger partial charge in [0.1, 0.15) is 11.6 Å². The summed E-state index contributed by atoms with van der Waals surface area (Å²) in [5, 5.41) is 5.71. The molecule has 0 atom stereocenters. The molecule has 3 rings (SSSR count). The number of nitrogens with zero attached hydrogens (tertiary/aromatic N) is 1. The van der Waals surface area contributed by atoms with Crippen molar-refractivity contribution in [1.29, 1.82) is 0 Å². The van der Waals surface area contributed by atoms with Crippen LogP contribution in [0.25, 0.3) is 0 Å². The Morgan fingerprint density at radius 3 is 2.44 bits per heavy atom. The predicted molar refractivity (Wildman–Crippen MR) is 99.7 cm³/mol. The predicted octanol–water partition coefficient (Wildman–Crippen LogP) is 4.00. The van der Waals surface area contributed by atoms with Gasteiger partial charge in [0, 0.05) is 11.3 Å². The van der Waals surface area contributed by atoms with Crippen LogP contribution in [0.4, 0.5) is 21.6 Å². The molecule has 0 fully saturated rings. The number of carbonyl (C=O) groups is 2. The maximum Gasteiger partial charge on any atom is 0.337 e. The van der Waals surface area contributed by atoms with Crippen molar-refractivity contribution in [3.05, 3.63) is 83.8 Å². The summed E-state index contributed by atoms with van der Waals surface area (Å²) < 4.78 is 17.9. The van der Waals surface area contributed by atoms with Crippen molar-refractivity contribution in [2.24, 2.45) is 0 Å². The number of halogens is 1. The lowest BCUT2D eigenvalue weighted by Crippen LogP contribution is -2.12. The van der Waals surface area contributed by atoms with E-state index in [-0.39, 0.29) is 5.56 Å². The van der Waals surface area contributed by atoms with E-state index in [1.165, 1.54) is 31.5 Å². The summed E-state index contributed by atoms with van der Waals surface area (Å²) in [5.74, 6) is -0.805. The second kappa shape index (κ2) is 8.09. The number of anilines is 3. The summed E-state index contributed by atoms with van der Waals surface area (Å²) >= 11 is 0. The van der Waals surface area contributed by atoms with E-state index >= 15 is 0 Å². The van der Waals surface area contributed by atoms with Crippen molar-refractivity contribution in [3.8, 4) is 0 Å². The van der Waals surface area contributed by atoms with Gasteiger partial charge in [0.25, 0.3) is 5.91 Å². The lowest BCUT2D eigenvalue weighted by molar-refractivity contribution is 0.0600. The zero-order valence-electron chi connectivity index (χ0n) is 14.4. The monoisotopic (exact) mass is 365 g/mol. The van der Waals surface area contributed by atoms with Crippen LogP contribution in [0.15, 0.2) is 66.9 Å². The number of nitrogens with one attached hydrogen (secondary N) is 2. The Kier molecular flexibility index (Phi) is 5.41. The van der Waals surface area contributed by atoms with Crippen LogP contribution in [-0.4, -0.2) is 24.0 Å². The number of carbonyl (C=O) groups excluding carboxylic acids is 2. The highest BCUT2D eigenvalue weighted by Gasteiger charge is 2.08. The molecular formula is C20H16FN3O3. The summed E-state index contributed by atoms with van der Waals surface area (Å²) in [6, 6.07) is 15.6. The van der Waals surface area contributed by atoms with Crippen molar-refractivity contribution in [3.63, 3.8) is 0 Å². The number of ether oxygens (including phenoxy) is 1. The van der Waals surface area contributed by atoms with Crippen molar-refractivity contribution in [2.75, 3.05) is 17.7 Å². The maximum atomic E-state index is 13.2. The Balaban J connectivity index is 1.67. The molecule has 1 amide bonds. The first-order valence-electron chi connectivity index (χ1n) is 8.03. The molecule has 0 saturated heterocycles. The van der Waals surface area contributed by atoms with E-state index in [0.29, 0.717) is 22.8 Å². The molecule has 0 aliphatic carbocycles. The molecule has 2 N–H and O–H groups in total. The Morgan fingerprint density at radius 2 is 1.74 bits per heavy atom. The molecule has 0 bridgehead atoms. The van der Waals surface area contributed by atoms with Gasteiger partial charge in [0.15, 0.2) is 0 Å². The molecule has 3 aromatic rings. The topological polar surface area (TPSA) is 80.3 Å². The van der Waals surface area contributed by atoms with E-state index in [9.17, 15) is 14.0 Å². The van der Waals surface area contributed by atoms with Crippen LogP contribution in [-0.2, 0) is 4.74 Å². The van der Waals surface area contributed by atoms with E-state index in [0.717, 1.165) is 6.07 Å². The van der Waals surface area contributed by atoms with Gasteiger partial charge in [-0.3, -0.25) is 4.79 Å². The average Bonchev–Trinajstić information content (AvgIpc) is 2.69. The molecule has 0 spiro atoms. The summed E-state index contributed by atoms with van der Waals surface area (Å²) in [4.78, 5) is 27.9. The smallest absolute Gasteiger partial charge is 0.337 e. The zero-order valence-corrected chi connectivity index (χ0v) is 14.4. The normalized spacial score (nSPS) is 10.1. The van der Waals surface area contributed by atoms with E-state index in [1.807, 2.05) is 0 Å². The number of amides is 1. The molecule has 0 unspecified atom stereocenters. The van der Waals surface area contributed by atoms with Crippen LogP contribution in [0.3, 0.4) is 0 Å². The summed E-state index contributed by atoms with van der Waals surface area (Å²) in [5.41, 5.74) is 1.78. The SMILES string of the molecule is COC(=O)c1cccc(Nc2ccc(NC(=O)c3cccc(F)c3)cn2)c1.